The van der Waals surface area contributed by atoms with Crippen LogP contribution in [0.25, 0.3) is 0 Å². The van der Waals surface area contributed by atoms with Crippen molar-refractivity contribution in [2.75, 3.05) is 13.1 Å². The minimum Gasteiger partial charge on any atom is -0.356 e. The molecule has 1 aliphatic heterocycles. The quantitative estimate of drug-likeness (QED) is 0.0598. The average molecular weight is 673 g/mol. The van der Waals surface area contributed by atoms with Crippen LogP contribution >= 0.6 is 0 Å². The van der Waals surface area contributed by atoms with Crippen molar-refractivity contribution in [1.29, 1.82) is 0 Å². The van der Waals surface area contributed by atoms with E-state index in [9.17, 15) is 0 Å². The van der Waals surface area contributed by atoms with Gasteiger partial charge in [-0.25, -0.2) is 0 Å². The summed E-state index contributed by atoms with van der Waals surface area (Å²) in [5.41, 5.74) is 0. The lowest BCUT2D eigenvalue weighted by Gasteiger charge is -2.33. The molecule has 0 N–H and O–H groups in total. The highest BCUT2D eigenvalue weighted by atomic mass is 15.4. The first-order valence-corrected chi connectivity index (χ1v) is 23.0. The molecule has 0 aromatic heterocycles. The number of rotatable bonds is 40. The van der Waals surface area contributed by atoms with Crippen LogP contribution in [0.5, 0.6) is 0 Å². The van der Waals surface area contributed by atoms with Gasteiger partial charge in [-0.15, -0.1) is 0 Å². The lowest BCUT2D eigenvalue weighted by molar-refractivity contribution is 0.135. The van der Waals surface area contributed by atoms with Gasteiger partial charge in [0.05, 0.1) is 0 Å². The van der Waals surface area contributed by atoms with E-state index in [-0.39, 0.29) is 0 Å². The molecule has 0 aromatic rings. The summed E-state index contributed by atoms with van der Waals surface area (Å²) >= 11 is 0. The fourth-order valence-corrected chi connectivity index (χ4v) is 7.95. The normalized spacial score (nSPS) is 14.6. The summed E-state index contributed by atoms with van der Waals surface area (Å²) in [7, 11) is 0. The molecule has 48 heavy (non-hydrogen) atoms. The van der Waals surface area contributed by atoms with Crippen LogP contribution in [0, 0.1) is 0 Å². The first kappa shape index (κ1) is 45.4. The van der Waals surface area contributed by atoms with Crippen LogP contribution < -0.4 is 0 Å². The van der Waals surface area contributed by atoms with E-state index in [4.69, 9.17) is 0 Å². The third kappa shape index (κ3) is 29.1. The van der Waals surface area contributed by atoms with Crippen LogP contribution in [-0.4, -0.2) is 29.1 Å². The smallest absolute Gasteiger partial charge is 0.101 e. The average Bonchev–Trinajstić information content (AvgIpc) is 3.48. The molecule has 0 fully saturated rings. The Morgan fingerprint density at radius 2 is 0.479 bits per heavy atom. The zero-order valence-electron chi connectivity index (χ0n) is 33.9. The molecule has 0 aliphatic carbocycles. The minimum atomic E-state index is 0.637. The summed E-state index contributed by atoms with van der Waals surface area (Å²) in [5, 5.41) is 0. The number of hydrogen-bond acceptors (Lipinski definition) is 2. The summed E-state index contributed by atoms with van der Waals surface area (Å²) in [5.74, 6) is 0. The van der Waals surface area contributed by atoms with Crippen molar-refractivity contribution in [1.82, 2.24) is 9.80 Å². The molecule has 2 nitrogen and oxygen atoms in total. The molecule has 1 atom stereocenters. The van der Waals surface area contributed by atoms with Crippen molar-refractivity contribution in [2.45, 2.75) is 271 Å². The van der Waals surface area contributed by atoms with Crippen molar-refractivity contribution in [3.05, 3.63) is 12.4 Å². The number of hydrogen-bond donors (Lipinski definition) is 0. The molecular weight excluding hydrogens is 581 g/mol. The SMILES string of the molecule is CCCCCCCCCCCCCCCCCCC1N(CCCCCCCCCCC)C=CN1CCCCCCCCCCCCCC. The Morgan fingerprint density at radius 3 is 0.729 bits per heavy atom. The third-order valence-electron chi connectivity index (χ3n) is 11.3. The van der Waals surface area contributed by atoms with Gasteiger partial charge in [0.2, 0.25) is 0 Å². The van der Waals surface area contributed by atoms with Crippen LogP contribution in [0.15, 0.2) is 12.4 Å². The molecule has 286 valence electrons. The summed E-state index contributed by atoms with van der Waals surface area (Å²) in [6.07, 6.45) is 60.4. The Bertz CT molecular complexity index is 630. The van der Waals surface area contributed by atoms with Crippen LogP contribution in [0.1, 0.15) is 265 Å². The molecular formula is C46H92N2. The van der Waals surface area contributed by atoms with E-state index in [1.807, 2.05) is 0 Å². The molecule has 0 spiro atoms. The van der Waals surface area contributed by atoms with E-state index in [2.05, 4.69) is 43.0 Å². The monoisotopic (exact) mass is 673 g/mol. The van der Waals surface area contributed by atoms with Gasteiger partial charge in [0, 0.05) is 25.5 Å². The van der Waals surface area contributed by atoms with Gasteiger partial charge in [0.15, 0.2) is 0 Å². The second-order valence-electron chi connectivity index (χ2n) is 16.1. The maximum atomic E-state index is 2.73. The van der Waals surface area contributed by atoms with Crippen molar-refractivity contribution >= 4 is 0 Å². The fourth-order valence-electron chi connectivity index (χ4n) is 7.95. The minimum absolute atomic E-state index is 0.637. The maximum Gasteiger partial charge on any atom is 0.101 e. The van der Waals surface area contributed by atoms with E-state index in [0.717, 1.165) is 0 Å². The highest BCUT2D eigenvalue weighted by molar-refractivity contribution is 4.97. The van der Waals surface area contributed by atoms with E-state index in [0.29, 0.717) is 6.17 Å². The van der Waals surface area contributed by atoms with Crippen LogP contribution in [0.2, 0.25) is 0 Å². The zero-order valence-corrected chi connectivity index (χ0v) is 33.9. The molecule has 0 radical (unpaired) electrons. The van der Waals surface area contributed by atoms with Gasteiger partial charge in [0.25, 0.3) is 0 Å². The van der Waals surface area contributed by atoms with Gasteiger partial charge in [-0.2, -0.15) is 0 Å². The molecule has 1 heterocycles. The highest BCUT2D eigenvalue weighted by Gasteiger charge is 2.24. The van der Waals surface area contributed by atoms with Crippen LogP contribution in [-0.2, 0) is 0 Å². The summed E-state index contributed by atoms with van der Waals surface area (Å²) in [6.45, 7) is 9.49. The Hall–Kier alpha value is -0.660. The highest BCUT2D eigenvalue weighted by Crippen LogP contribution is 2.24. The van der Waals surface area contributed by atoms with E-state index in [1.165, 1.54) is 257 Å². The first-order chi connectivity index (χ1) is 23.8. The third-order valence-corrected chi connectivity index (χ3v) is 11.3. The van der Waals surface area contributed by atoms with Gasteiger partial charge in [0.1, 0.15) is 6.17 Å². The molecule has 1 aliphatic rings. The standard InChI is InChI=1S/C46H92N2/c1-4-7-10-13-16-19-21-23-24-25-26-27-29-32-35-38-41-46-47(42-39-36-33-30-18-15-12-9-6-3)44-45-48(46)43-40-37-34-31-28-22-20-17-14-11-8-5-2/h44-46H,4-43H2,1-3H3. The van der Waals surface area contributed by atoms with Crippen molar-refractivity contribution in [3.63, 3.8) is 0 Å². The predicted octanol–water partition coefficient (Wildman–Crippen LogP) is 16.3. The van der Waals surface area contributed by atoms with Crippen LogP contribution in [0.4, 0.5) is 0 Å². The Labute approximate surface area is 305 Å². The summed E-state index contributed by atoms with van der Waals surface area (Å²) in [6, 6.07) is 0. The van der Waals surface area contributed by atoms with Gasteiger partial charge in [-0.1, -0.05) is 239 Å². The largest absolute Gasteiger partial charge is 0.356 e. The molecule has 0 aromatic carbocycles. The van der Waals surface area contributed by atoms with Gasteiger partial charge in [-0.05, 0) is 25.7 Å². The molecule has 1 rings (SSSR count). The zero-order chi connectivity index (χ0) is 34.4. The summed E-state index contributed by atoms with van der Waals surface area (Å²) < 4.78 is 0. The van der Waals surface area contributed by atoms with Gasteiger partial charge in [-0.3, -0.25) is 0 Å². The van der Waals surface area contributed by atoms with Crippen molar-refractivity contribution in [3.8, 4) is 0 Å². The van der Waals surface area contributed by atoms with E-state index >= 15 is 0 Å². The van der Waals surface area contributed by atoms with Crippen molar-refractivity contribution in [2.24, 2.45) is 0 Å². The van der Waals surface area contributed by atoms with Crippen LogP contribution in [0.3, 0.4) is 0 Å². The second kappa shape index (κ2) is 37.6. The predicted molar refractivity (Wildman–Crippen MR) is 219 cm³/mol. The number of nitrogens with zero attached hydrogens (tertiary/aromatic N) is 2. The Balaban J connectivity index is 2.19. The fraction of sp³-hybridized carbons (Fsp3) is 0.957. The number of unbranched alkanes of at least 4 members (excludes halogenated alkanes) is 34. The lowest BCUT2D eigenvalue weighted by atomic mass is 10.0. The van der Waals surface area contributed by atoms with Crippen molar-refractivity contribution < 1.29 is 0 Å². The maximum absolute atomic E-state index is 2.73. The molecule has 0 saturated heterocycles. The second-order valence-corrected chi connectivity index (χ2v) is 16.1. The molecule has 0 saturated carbocycles. The summed E-state index contributed by atoms with van der Waals surface area (Å²) in [4.78, 5) is 5.46. The van der Waals surface area contributed by atoms with Gasteiger partial charge < -0.3 is 9.80 Å². The topological polar surface area (TPSA) is 6.48 Å². The molecule has 0 bridgehead atoms. The van der Waals surface area contributed by atoms with E-state index in [1.54, 1.807) is 0 Å². The molecule has 0 amide bonds. The first-order valence-electron chi connectivity index (χ1n) is 23.0. The Morgan fingerprint density at radius 1 is 0.271 bits per heavy atom. The molecule has 2 heteroatoms. The van der Waals surface area contributed by atoms with Gasteiger partial charge >= 0.3 is 0 Å². The van der Waals surface area contributed by atoms with E-state index < -0.39 is 0 Å². The molecule has 1 unspecified atom stereocenters. The Kier molecular flexibility index (Phi) is 35.5. The lowest BCUT2D eigenvalue weighted by Crippen LogP contribution is -2.39.